The zero-order chi connectivity index (χ0) is 33.5. The first kappa shape index (κ1) is 28.7. The first-order valence-electron chi connectivity index (χ1n) is 17.6. The molecule has 238 valence electrons. The highest BCUT2D eigenvalue weighted by atomic mass is 32.2. The molecule has 0 atom stereocenters. The van der Waals surface area contributed by atoms with Crippen molar-refractivity contribution in [1.82, 2.24) is 0 Å². The smallest absolute Gasteiger partial charge is 0.0764 e. The maximum absolute atomic E-state index is 2.50. The van der Waals surface area contributed by atoms with Crippen LogP contribution in [-0.2, 0) is 5.41 Å². The molecule has 2 heterocycles. The Hall–Kier alpha value is -6.09. The van der Waals surface area contributed by atoms with E-state index in [4.69, 9.17) is 0 Å². The molecular formula is C49H31NS. The molecule has 8 aromatic carbocycles. The summed E-state index contributed by atoms with van der Waals surface area (Å²) in [5, 5.41) is 0. The van der Waals surface area contributed by atoms with E-state index in [1.54, 1.807) is 0 Å². The summed E-state index contributed by atoms with van der Waals surface area (Å²) in [5.41, 5.74) is 18.4. The molecule has 0 unspecified atom stereocenters. The molecule has 0 radical (unpaired) electrons. The fourth-order valence-corrected chi connectivity index (χ4v) is 10.3. The highest BCUT2D eigenvalue weighted by Gasteiger charge is 2.50. The fourth-order valence-electron chi connectivity index (χ4n) is 9.09. The number of rotatable bonds is 1. The zero-order valence-electron chi connectivity index (χ0n) is 27.8. The quantitative estimate of drug-likeness (QED) is 0.172. The third kappa shape index (κ3) is 3.94. The summed E-state index contributed by atoms with van der Waals surface area (Å²) in [6, 6.07) is 70.0. The molecule has 0 fully saturated rings. The van der Waals surface area contributed by atoms with Crippen molar-refractivity contribution in [3.8, 4) is 44.5 Å². The normalized spacial score (nSPS) is 13.9. The minimum atomic E-state index is -0.457. The molecule has 0 amide bonds. The summed E-state index contributed by atoms with van der Waals surface area (Å²) in [7, 11) is 0. The van der Waals surface area contributed by atoms with Gasteiger partial charge in [-0.25, -0.2) is 0 Å². The topological polar surface area (TPSA) is 3.24 Å². The van der Waals surface area contributed by atoms with Crippen LogP contribution in [-0.4, -0.2) is 0 Å². The predicted octanol–water partition coefficient (Wildman–Crippen LogP) is 13.3. The van der Waals surface area contributed by atoms with Crippen LogP contribution >= 0.6 is 11.8 Å². The molecule has 3 aliphatic rings. The van der Waals surface area contributed by atoms with Gasteiger partial charge >= 0.3 is 0 Å². The molecule has 0 saturated carbocycles. The van der Waals surface area contributed by atoms with Crippen molar-refractivity contribution < 1.29 is 0 Å². The summed E-state index contributed by atoms with van der Waals surface area (Å²) in [5.74, 6) is 0. The molecule has 11 rings (SSSR count). The highest BCUT2D eigenvalue weighted by molar-refractivity contribution is 7.99. The first-order valence-corrected chi connectivity index (χ1v) is 18.4. The van der Waals surface area contributed by atoms with Crippen molar-refractivity contribution >= 4 is 28.8 Å². The number of para-hydroxylation sites is 2. The lowest BCUT2D eigenvalue weighted by Crippen LogP contribution is -2.39. The van der Waals surface area contributed by atoms with Gasteiger partial charge in [-0.3, -0.25) is 0 Å². The Balaban J connectivity index is 1.21. The SMILES string of the molecule is c1ccc2c(c1)Sc1ccccc1C21c2ccccc2N(c2ccc3c(c2)-c2ccccc2-c2ccccc2-c2ccccc2-3)c2ccccc21. The lowest BCUT2D eigenvalue weighted by Gasteiger charge is -2.49. The van der Waals surface area contributed by atoms with Crippen LogP contribution in [0.5, 0.6) is 0 Å². The molecule has 8 aromatic rings. The monoisotopic (exact) mass is 665 g/mol. The largest absolute Gasteiger partial charge is 0.310 e. The van der Waals surface area contributed by atoms with Crippen molar-refractivity contribution in [1.29, 1.82) is 0 Å². The van der Waals surface area contributed by atoms with Gasteiger partial charge in [0.1, 0.15) is 0 Å². The van der Waals surface area contributed by atoms with E-state index in [0.717, 1.165) is 5.69 Å². The lowest BCUT2D eigenvalue weighted by molar-refractivity contribution is 0.692. The summed E-state index contributed by atoms with van der Waals surface area (Å²) < 4.78 is 0. The standard InChI is InChI=1S/C49H31NS/c1-2-16-34-33(15-1)35-17-3-4-19-37(35)39-30-29-32(31-40(39)38-20-6-5-18-36(34)38)50-45-25-11-7-21-41(45)49(42-22-8-12-26-46(42)50)43-23-9-13-27-47(43)51-48-28-14-10-24-44(48)49/h1-31H. The van der Waals surface area contributed by atoms with E-state index in [1.807, 2.05) is 11.8 Å². The molecule has 51 heavy (non-hydrogen) atoms. The van der Waals surface area contributed by atoms with Crippen molar-refractivity contribution in [2.75, 3.05) is 4.90 Å². The Morgan fingerprint density at radius 2 is 0.667 bits per heavy atom. The lowest BCUT2D eigenvalue weighted by atomic mass is 9.62. The van der Waals surface area contributed by atoms with Gasteiger partial charge in [0.25, 0.3) is 0 Å². The summed E-state index contributed by atoms with van der Waals surface area (Å²) in [4.78, 5) is 5.13. The van der Waals surface area contributed by atoms with E-state index in [2.05, 4.69) is 193 Å². The zero-order valence-corrected chi connectivity index (χ0v) is 28.6. The number of fused-ring (bicyclic) bond motifs is 16. The first-order chi connectivity index (χ1) is 25.3. The fraction of sp³-hybridized carbons (Fsp3) is 0.0204. The summed E-state index contributed by atoms with van der Waals surface area (Å²) in [6.07, 6.45) is 0. The summed E-state index contributed by atoms with van der Waals surface area (Å²) >= 11 is 1.89. The van der Waals surface area contributed by atoms with Crippen LogP contribution in [0.2, 0.25) is 0 Å². The van der Waals surface area contributed by atoms with Crippen molar-refractivity contribution in [2.24, 2.45) is 0 Å². The van der Waals surface area contributed by atoms with Gasteiger partial charge in [0.2, 0.25) is 0 Å². The van der Waals surface area contributed by atoms with Crippen molar-refractivity contribution in [3.63, 3.8) is 0 Å². The van der Waals surface area contributed by atoms with Gasteiger partial charge in [0.05, 0.1) is 16.8 Å². The Morgan fingerprint density at radius 1 is 0.314 bits per heavy atom. The van der Waals surface area contributed by atoms with Crippen LogP contribution in [0.25, 0.3) is 44.5 Å². The van der Waals surface area contributed by atoms with Gasteiger partial charge in [-0.15, -0.1) is 0 Å². The van der Waals surface area contributed by atoms with Gasteiger partial charge in [-0.05, 0) is 103 Å². The third-order valence-corrected chi connectivity index (χ3v) is 12.3. The second kappa shape index (κ2) is 11.0. The predicted molar refractivity (Wildman–Crippen MR) is 212 cm³/mol. The molecule has 0 aromatic heterocycles. The van der Waals surface area contributed by atoms with Crippen LogP contribution in [0.4, 0.5) is 17.1 Å². The Labute approximate surface area is 302 Å². The maximum Gasteiger partial charge on any atom is 0.0764 e. The average molecular weight is 666 g/mol. The molecule has 0 N–H and O–H groups in total. The summed E-state index contributed by atoms with van der Waals surface area (Å²) in [6.45, 7) is 0. The molecule has 1 nitrogen and oxygen atoms in total. The Kier molecular flexibility index (Phi) is 6.17. The molecule has 0 bridgehead atoms. The molecule has 0 saturated heterocycles. The van der Waals surface area contributed by atoms with Crippen LogP contribution in [0.3, 0.4) is 0 Å². The second-order valence-electron chi connectivity index (χ2n) is 13.6. The Bertz CT molecular complexity index is 2600. The van der Waals surface area contributed by atoms with E-state index in [9.17, 15) is 0 Å². The molecule has 1 spiro atoms. The van der Waals surface area contributed by atoms with E-state index < -0.39 is 5.41 Å². The number of hydrogen-bond acceptors (Lipinski definition) is 2. The van der Waals surface area contributed by atoms with Crippen LogP contribution in [0, 0.1) is 0 Å². The average Bonchev–Trinajstić information content (AvgIpc) is 3.20. The second-order valence-corrected chi connectivity index (χ2v) is 14.7. The molecular weight excluding hydrogens is 635 g/mol. The molecule has 2 aliphatic heterocycles. The molecule has 1 aliphatic carbocycles. The number of anilines is 3. The van der Waals surface area contributed by atoms with Gasteiger partial charge < -0.3 is 4.90 Å². The minimum Gasteiger partial charge on any atom is -0.310 e. The van der Waals surface area contributed by atoms with Crippen molar-refractivity contribution in [3.05, 3.63) is 210 Å². The van der Waals surface area contributed by atoms with Gasteiger partial charge in [-0.2, -0.15) is 0 Å². The minimum absolute atomic E-state index is 0.457. The number of hydrogen-bond donors (Lipinski definition) is 0. The highest BCUT2D eigenvalue weighted by Crippen LogP contribution is 2.63. The Morgan fingerprint density at radius 3 is 1.14 bits per heavy atom. The van der Waals surface area contributed by atoms with E-state index in [1.165, 1.54) is 87.9 Å². The van der Waals surface area contributed by atoms with Gasteiger partial charge in [0, 0.05) is 15.5 Å². The number of benzene rings is 8. The number of nitrogens with zero attached hydrogens (tertiary/aromatic N) is 1. The van der Waals surface area contributed by atoms with Crippen LogP contribution < -0.4 is 4.90 Å². The maximum atomic E-state index is 2.50. The van der Waals surface area contributed by atoms with Crippen LogP contribution in [0.15, 0.2) is 198 Å². The van der Waals surface area contributed by atoms with Gasteiger partial charge in [0.15, 0.2) is 0 Å². The molecule has 2 heteroatoms. The van der Waals surface area contributed by atoms with E-state index >= 15 is 0 Å². The van der Waals surface area contributed by atoms with Gasteiger partial charge in [-0.1, -0.05) is 163 Å². The third-order valence-electron chi connectivity index (χ3n) is 11.1. The van der Waals surface area contributed by atoms with E-state index in [0.29, 0.717) is 0 Å². The van der Waals surface area contributed by atoms with Crippen LogP contribution in [0.1, 0.15) is 22.3 Å². The van der Waals surface area contributed by atoms with Crippen molar-refractivity contribution in [2.45, 2.75) is 15.2 Å². The van der Waals surface area contributed by atoms with E-state index in [-0.39, 0.29) is 0 Å².